The molecule has 1 amide bonds. The number of hydrogen-bond donors (Lipinski definition) is 0. The number of carbonyl (C=O) groups is 1. The van der Waals surface area contributed by atoms with E-state index < -0.39 is 11.6 Å². The summed E-state index contributed by atoms with van der Waals surface area (Å²) in [6.45, 7) is 3.15. The maximum atomic E-state index is 14.1. The first kappa shape index (κ1) is 22.7. The molecule has 4 nitrogen and oxygen atoms in total. The lowest BCUT2D eigenvalue weighted by molar-refractivity contribution is -0.118. The monoisotopic (exact) mass is 449 g/mol. The van der Waals surface area contributed by atoms with Gasteiger partial charge in [-0.2, -0.15) is 0 Å². The summed E-state index contributed by atoms with van der Waals surface area (Å²) in [6, 6.07) is 10.4. The molecule has 0 bridgehead atoms. The van der Waals surface area contributed by atoms with Crippen LogP contribution >= 0.6 is 23.1 Å². The van der Waals surface area contributed by atoms with Crippen molar-refractivity contribution in [3.8, 4) is 0 Å². The molecule has 1 aromatic heterocycles. The fraction of sp³-hybridized carbons (Fsp3) is 0.364. The number of fused-ring (bicyclic) bond motifs is 1. The van der Waals surface area contributed by atoms with Gasteiger partial charge in [0.1, 0.15) is 11.3 Å². The Labute approximate surface area is 183 Å². The van der Waals surface area contributed by atoms with Crippen LogP contribution < -0.4 is 4.90 Å². The maximum Gasteiger partial charge on any atom is 0.228 e. The first-order valence-corrected chi connectivity index (χ1v) is 11.5. The number of aryl methyl sites for hydroxylation is 1. The molecule has 1 heterocycles. The SMILES string of the molecule is Cc1ccc(SCCCC(=O)N(CCN(C)C)c2nc3c(F)cc(F)cc3s2)cc1. The van der Waals surface area contributed by atoms with E-state index in [0.29, 0.717) is 29.3 Å². The Morgan fingerprint density at radius 3 is 2.57 bits per heavy atom. The number of thioether (sulfide) groups is 1. The number of carbonyl (C=O) groups excluding carboxylic acids is 1. The van der Waals surface area contributed by atoms with E-state index in [-0.39, 0.29) is 11.4 Å². The molecule has 0 fully saturated rings. The zero-order valence-corrected chi connectivity index (χ0v) is 19.0. The lowest BCUT2D eigenvalue weighted by atomic mass is 10.2. The van der Waals surface area contributed by atoms with Crippen molar-refractivity contribution in [1.82, 2.24) is 9.88 Å². The second kappa shape index (κ2) is 10.3. The van der Waals surface area contributed by atoms with Crippen molar-refractivity contribution in [1.29, 1.82) is 0 Å². The van der Waals surface area contributed by atoms with Crippen LogP contribution in [0.4, 0.5) is 13.9 Å². The number of anilines is 1. The topological polar surface area (TPSA) is 36.4 Å². The molecule has 0 N–H and O–H groups in total. The minimum absolute atomic E-state index is 0.0544. The zero-order valence-electron chi connectivity index (χ0n) is 17.3. The van der Waals surface area contributed by atoms with Gasteiger partial charge in [-0.25, -0.2) is 13.8 Å². The first-order valence-electron chi connectivity index (χ1n) is 9.73. The highest BCUT2D eigenvalue weighted by Crippen LogP contribution is 2.31. The van der Waals surface area contributed by atoms with E-state index in [4.69, 9.17) is 0 Å². The molecule has 0 saturated carbocycles. The van der Waals surface area contributed by atoms with Crippen LogP contribution in [0.2, 0.25) is 0 Å². The summed E-state index contributed by atoms with van der Waals surface area (Å²) >= 11 is 2.86. The lowest BCUT2D eigenvalue weighted by Gasteiger charge is -2.22. The lowest BCUT2D eigenvalue weighted by Crippen LogP contribution is -2.36. The van der Waals surface area contributed by atoms with Crippen LogP contribution in [0.25, 0.3) is 10.2 Å². The molecule has 0 aliphatic carbocycles. The van der Waals surface area contributed by atoms with Gasteiger partial charge in [0.05, 0.1) is 4.70 Å². The van der Waals surface area contributed by atoms with Crippen molar-refractivity contribution in [3.05, 3.63) is 53.6 Å². The number of likely N-dealkylation sites (N-methyl/N-ethyl adjacent to an activating group) is 1. The predicted octanol–water partition coefficient (Wildman–Crippen LogP) is 5.35. The van der Waals surface area contributed by atoms with Crippen LogP contribution in [0.5, 0.6) is 0 Å². The fourth-order valence-corrected chi connectivity index (χ4v) is 4.77. The third-order valence-corrected chi connectivity index (χ3v) is 6.65. The Morgan fingerprint density at radius 1 is 1.13 bits per heavy atom. The third-order valence-electron chi connectivity index (χ3n) is 4.53. The van der Waals surface area contributed by atoms with E-state index in [2.05, 4.69) is 36.2 Å². The minimum Gasteiger partial charge on any atom is -0.308 e. The van der Waals surface area contributed by atoms with Gasteiger partial charge < -0.3 is 4.90 Å². The highest BCUT2D eigenvalue weighted by Gasteiger charge is 2.21. The number of nitrogens with zero attached hydrogens (tertiary/aromatic N) is 3. The Bertz CT molecular complexity index is 1010. The zero-order chi connectivity index (χ0) is 21.7. The number of thiazole rings is 1. The van der Waals surface area contributed by atoms with E-state index >= 15 is 0 Å². The van der Waals surface area contributed by atoms with Crippen LogP contribution in [0.3, 0.4) is 0 Å². The van der Waals surface area contributed by atoms with Gasteiger partial charge in [-0.1, -0.05) is 29.0 Å². The van der Waals surface area contributed by atoms with Crippen LogP contribution in [0, 0.1) is 18.6 Å². The number of halogens is 2. The van der Waals surface area contributed by atoms with Crippen LogP contribution in [0.1, 0.15) is 18.4 Å². The maximum absolute atomic E-state index is 14.1. The Morgan fingerprint density at radius 2 is 1.87 bits per heavy atom. The van der Waals surface area contributed by atoms with Crippen LogP contribution in [0.15, 0.2) is 41.3 Å². The first-order chi connectivity index (χ1) is 14.3. The summed E-state index contributed by atoms with van der Waals surface area (Å²) in [5.41, 5.74) is 1.33. The summed E-state index contributed by atoms with van der Waals surface area (Å²) in [7, 11) is 3.85. The molecule has 2 aromatic carbocycles. The van der Waals surface area contributed by atoms with Crippen molar-refractivity contribution >= 4 is 44.4 Å². The summed E-state index contributed by atoms with van der Waals surface area (Å²) in [4.78, 5) is 22.0. The molecule has 3 rings (SSSR count). The van der Waals surface area contributed by atoms with Crippen LogP contribution in [-0.4, -0.2) is 48.7 Å². The average molecular weight is 450 g/mol. The highest BCUT2D eigenvalue weighted by molar-refractivity contribution is 7.99. The van der Waals surface area contributed by atoms with Gasteiger partial charge >= 0.3 is 0 Å². The molecule has 8 heteroatoms. The van der Waals surface area contributed by atoms with E-state index in [1.54, 1.807) is 16.7 Å². The number of aromatic nitrogens is 1. The van der Waals surface area contributed by atoms with Gasteiger partial charge in [0, 0.05) is 30.5 Å². The van der Waals surface area contributed by atoms with Gasteiger partial charge in [-0.3, -0.25) is 9.69 Å². The van der Waals surface area contributed by atoms with E-state index in [1.807, 2.05) is 19.0 Å². The summed E-state index contributed by atoms with van der Waals surface area (Å²) < 4.78 is 28.0. The molecule has 0 spiro atoms. The van der Waals surface area contributed by atoms with E-state index in [1.165, 1.54) is 16.5 Å². The number of benzene rings is 2. The van der Waals surface area contributed by atoms with Gasteiger partial charge in [-0.15, -0.1) is 11.8 Å². The second-order valence-electron chi connectivity index (χ2n) is 7.34. The molecule has 0 aliphatic rings. The molecule has 0 unspecified atom stereocenters. The molecular weight excluding hydrogens is 424 g/mol. The smallest absolute Gasteiger partial charge is 0.228 e. The molecular formula is C22H25F2N3OS2. The van der Waals surface area contributed by atoms with E-state index in [9.17, 15) is 13.6 Å². The molecule has 30 heavy (non-hydrogen) atoms. The van der Waals surface area contributed by atoms with Crippen LogP contribution in [-0.2, 0) is 4.79 Å². The van der Waals surface area contributed by atoms with Crippen molar-refractivity contribution in [2.45, 2.75) is 24.7 Å². The van der Waals surface area contributed by atoms with Gasteiger partial charge in [0.2, 0.25) is 5.91 Å². The summed E-state index contributed by atoms with van der Waals surface area (Å²) in [6.07, 6.45) is 1.10. The van der Waals surface area contributed by atoms with Gasteiger partial charge in [0.15, 0.2) is 10.9 Å². The number of rotatable bonds is 9. The quantitative estimate of drug-likeness (QED) is 0.326. The summed E-state index contributed by atoms with van der Waals surface area (Å²) in [5, 5.41) is 0.410. The molecule has 0 atom stereocenters. The second-order valence-corrected chi connectivity index (χ2v) is 9.52. The fourth-order valence-electron chi connectivity index (χ4n) is 2.87. The Kier molecular flexibility index (Phi) is 7.80. The largest absolute Gasteiger partial charge is 0.308 e. The summed E-state index contributed by atoms with van der Waals surface area (Å²) in [5.74, 6) is -0.575. The predicted molar refractivity (Wildman–Crippen MR) is 122 cm³/mol. The average Bonchev–Trinajstić information content (AvgIpc) is 3.10. The molecule has 160 valence electrons. The van der Waals surface area contributed by atoms with Crippen molar-refractivity contribution in [3.63, 3.8) is 0 Å². The minimum atomic E-state index is -0.706. The Balaban J connectivity index is 1.67. The van der Waals surface area contributed by atoms with Gasteiger partial charge in [0.25, 0.3) is 0 Å². The highest BCUT2D eigenvalue weighted by atomic mass is 32.2. The standard InChI is InChI=1S/C22H25F2N3OS2/c1-15-6-8-17(9-7-15)29-12-4-5-20(28)27(11-10-26(2)3)22-25-21-18(24)13-16(23)14-19(21)30-22/h6-9,13-14H,4-5,10-12H2,1-3H3. The number of amides is 1. The molecule has 0 saturated heterocycles. The van der Waals surface area contributed by atoms with Crippen molar-refractivity contribution in [2.24, 2.45) is 0 Å². The molecule has 0 radical (unpaired) electrons. The van der Waals surface area contributed by atoms with Crippen molar-refractivity contribution in [2.75, 3.05) is 37.8 Å². The third kappa shape index (κ3) is 6.00. The molecule has 3 aromatic rings. The number of hydrogen-bond acceptors (Lipinski definition) is 5. The van der Waals surface area contributed by atoms with Crippen molar-refractivity contribution < 1.29 is 13.6 Å². The van der Waals surface area contributed by atoms with Gasteiger partial charge in [-0.05, 0) is 51.4 Å². The molecule has 0 aliphatic heterocycles. The normalized spacial score (nSPS) is 11.4. The Hall–Kier alpha value is -2.03. The van der Waals surface area contributed by atoms with E-state index in [0.717, 1.165) is 29.6 Å².